The first-order chi connectivity index (χ1) is 6.16. The molecule has 0 aromatic rings. The number of ether oxygens (including phenoxy) is 1. The predicted molar refractivity (Wildman–Crippen MR) is 36.8 cm³/mol. The Kier molecular flexibility index (Phi) is 4.03. The van der Waals surface area contributed by atoms with Crippen LogP contribution in [0.2, 0.25) is 0 Å². The van der Waals surface area contributed by atoms with Crippen molar-refractivity contribution in [1.82, 2.24) is 0 Å². The quantitative estimate of drug-likeness (QED) is 0.412. The van der Waals surface area contributed by atoms with Crippen molar-refractivity contribution in [1.29, 1.82) is 0 Å². The van der Waals surface area contributed by atoms with Crippen molar-refractivity contribution in [3.05, 3.63) is 12.2 Å². The van der Waals surface area contributed by atoms with Crippen molar-refractivity contribution in [2.45, 2.75) is 25.6 Å². The predicted octanol–water partition coefficient (Wildman–Crippen LogP) is 2.30. The van der Waals surface area contributed by atoms with Gasteiger partial charge in [-0.1, -0.05) is 6.58 Å². The van der Waals surface area contributed by atoms with Crippen LogP contribution in [0.1, 0.15) is 6.92 Å². The Labute approximate surface area is 76.3 Å². The summed E-state index contributed by atoms with van der Waals surface area (Å²) in [5, 5.41) is 0. The molecule has 2 unspecified atom stereocenters. The molecule has 0 aliphatic heterocycles. The standard InChI is InChI=1S/C7H7F5O2/c1-3(2)6(13)14-5(9)4(8)7(10,11)12/h4-5H,1H2,2H3. The number of carbonyl (C=O) groups is 1. The highest BCUT2D eigenvalue weighted by molar-refractivity contribution is 5.87. The van der Waals surface area contributed by atoms with Crippen LogP contribution in [0.5, 0.6) is 0 Å². The van der Waals surface area contributed by atoms with E-state index in [1.807, 2.05) is 0 Å². The number of alkyl halides is 5. The van der Waals surface area contributed by atoms with Gasteiger partial charge in [-0.2, -0.15) is 17.6 Å². The highest BCUT2D eigenvalue weighted by atomic mass is 19.4. The first-order valence-electron chi connectivity index (χ1n) is 3.37. The van der Waals surface area contributed by atoms with Gasteiger partial charge in [0.15, 0.2) is 0 Å². The lowest BCUT2D eigenvalue weighted by molar-refractivity contribution is -0.232. The van der Waals surface area contributed by atoms with E-state index in [9.17, 15) is 26.7 Å². The summed E-state index contributed by atoms with van der Waals surface area (Å²) >= 11 is 0. The largest absolute Gasteiger partial charge is 0.426 e. The molecule has 0 rings (SSSR count). The normalized spacial score (nSPS) is 15.9. The van der Waals surface area contributed by atoms with E-state index in [-0.39, 0.29) is 5.57 Å². The number of hydrogen-bond acceptors (Lipinski definition) is 2. The van der Waals surface area contributed by atoms with Gasteiger partial charge in [0, 0.05) is 5.57 Å². The van der Waals surface area contributed by atoms with Gasteiger partial charge in [-0.15, -0.1) is 0 Å². The first kappa shape index (κ1) is 12.9. The molecule has 0 saturated carbocycles. The molecule has 0 aromatic carbocycles. The third-order valence-electron chi connectivity index (χ3n) is 1.11. The lowest BCUT2D eigenvalue weighted by Gasteiger charge is -2.16. The number of carbonyl (C=O) groups excluding carboxylic acids is 1. The maximum atomic E-state index is 12.3. The van der Waals surface area contributed by atoms with Gasteiger partial charge in [-0.25, -0.2) is 9.18 Å². The SMILES string of the molecule is C=C(C)C(=O)OC(F)C(F)C(F)(F)F. The van der Waals surface area contributed by atoms with Gasteiger partial charge < -0.3 is 4.74 Å². The van der Waals surface area contributed by atoms with E-state index >= 15 is 0 Å². The molecule has 2 atom stereocenters. The number of rotatable bonds is 3. The third kappa shape index (κ3) is 3.71. The maximum Gasteiger partial charge on any atom is 0.426 e. The van der Waals surface area contributed by atoms with E-state index in [0.717, 1.165) is 6.92 Å². The zero-order valence-electron chi connectivity index (χ0n) is 7.07. The Morgan fingerprint density at radius 1 is 1.36 bits per heavy atom. The monoisotopic (exact) mass is 218 g/mol. The lowest BCUT2D eigenvalue weighted by atomic mass is 10.3. The summed E-state index contributed by atoms with van der Waals surface area (Å²) in [6.07, 6.45) is -12.6. The molecule has 0 bridgehead atoms. The van der Waals surface area contributed by atoms with E-state index in [1.165, 1.54) is 0 Å². The molecule has 0 aliphatic carbocycles. The summed E-state index contributed by atoms with van der Waals surface area (Å²) < 4.78 is 62.5. The Bertz CT molecular complexity index is 235. The third-order valence-corrected chi connectivity index (χ3v) is 1.11. The van der Waals surface area contributed by atoms with Gasteiger partial charge in [0.05, 0.1) is 0 Å². The zero-order valence-corrected chi connectivity index (χ0v) is 7.07. The molecule has 14 heavy (non-hydrogen) atoms. The molecule has 82 valence electrons. The molecule has 0 saturated heterocycles. The number of halogens is 5. The van der Waals surface area contributed by atoms with Crippen LogP contribution in [0.25, 0.3) is 0 Å². The fourth-order valence-corrected chi connectivity index (χ4v) is 0.411. The van der Waals surface area contributed by atoms with Crippen molar-refractivity contribution in [3.8, 4) is 0 Å². The van der Waals surface area contributed by atoms with Crippen molar-refractivity contribution in [2.24, 2.45) is 0 Å². The fraction of sp³-hybridized carbons (Fsp3) is 0.571. The molecule has 7 heteroatoms. The van der Waals surface area contributed by atoms with Crippen LogP contribution in [-0.4, -0.2) is 24.7 Å². The van der Waals surface area contributed by atoms with E-state index in [0.29, 0.717) is 0 Å². The molecule has 0 N–H and O–H groups in total. The first-order valence-corrected chi connectivity index (χ1v) is 3.37. The van der Waals surface area contributed by atoms with Gasteiger partial charge in [0.1, 0.15) is 0 Å². The molecule has 0 heterocycles. The number of hydrogen-bond donors (Lipinski definition) is 0. The average molecular weight is 218 g/mol. The molecule has 2 nitrogen and oxygen atoms in total. The second-order valence-corrected chi connectivity index (χ2v) is 2.48. The van der Waals surface area contributed by atoms with Crippen LogP contribution < -0.4 is 0 Å². The van der Waals surface area contributed by atoms with Crippen LogP contribution in [0.3, 0.4) is 0 Å². The molecule has 0 aromatic heterocycles. The number of esters is 1. The molecular weight excluding hydrogens is 211 g/mol. The van der Waals surface area contributed by atoms with E-state index in [2.05, 4.69) is 11.3 Å². The minimum absolute atomic E-state index is 0.318. The molecule has 0 spiro atoms. The Hall–Kier alpha value is -1.14. The van der Waals surface area contributed by atoms with Crippen LogP contribution in [-0.2, 0) is 9.53 Å². The maximum absolute atomic E-state index is 12.3. The van der Waals surface area contributed by atoms with Crippen LogP contribution in [0.4, 0.5) is 22.0 Å². The topological polar surface area (TPSA) is 26.3 Å². The van der Waals surface area contributed by atoms with E-state index in [1.54, 1.807) is 0 Å². The summed E-state index contributed by atoms with van der Waals surface area (Å²) in [7, 11) is 0. The van der Waals surface area contributed by atoms with Gasteiger partial charge in [0.2, 0.25) is 0 Å². The minimum atomic E-state index is -5.39. The second kappa shape index (κ2) is 4.39. The Morgan fingerprint density at radius 2 is 1.79 bits per heavy atom. The Morgan fingerprint density at radius 3 is 2.07 bits per heavy atom. The summed E-state index contributed by atoms with van der Waals surface area (Å²) in [5.74, 6) is -1.41. The fourth-order valence-electron chi connectivity index (χ4n) is 0.411. The van der Waals surface area contributed by atoms with Gasteiger partial charge in [-0.05, 0) is 6.92 Å². The van der Waals surface area contributed by atoms with Crippen molar-refractivity contribution in [3.63, 3.8) is 0 Å². The molecule has 0 amide bonds. The van der Waals surface area contributed by atoms with Crippen LogP contribution in [0.15, 0.2) is 12.2 Å². The van der Waals surface area contributed by atoms with Crippen molar-refractivity contribution < 1.29 is 31.5 Å². The molecule has 0 fully saturated rings. The summed E-state index contributed by atoms with van der Waals surface area (Å²) in [6, 6.07) is 0. The van der Waals surface area contributed by atoms with E-state index < -0.39 is 24.7 Å². The smallest absolute Gasteiger partial charge is 0.424 e. The average Bonchev–Trinajstić information content (AvgIpc) is 2.00. The second-order valence-electron chi connectivity index (χ2n) is 2.48. The molecule has 0 aliphatic rings. The van der Waals surface area contributed by atoms with E-state index in [4.69, 9.17) is 0 Å². The molecule has 0 radical (unpaired) electrons. The highest BCUT2D eigenvalue weighted by Gasteiger charge is 2.48. The van der Waals surface area contributed by atoms with Crippen molar-refractivity contribution >= 4 is 5.97 Å². The zero-order chi connectivity index (χ0) is 11.5. The minimum Gasteiger partial charge on any atom is -0.424 e. The Balaban J connectivity index is 4.29. The summed E-state index contributed by atoms with van der Waals surface area (Å²) in [5.41, 5.74) is -0.318. The van der Waals surface area contributed by atoms with Crippen LogP contribution in [0, 0.1) is 0 Å². The molecular formula is C7H7F5O2. The van der Waals surface area contributed by atoms with Crippen LogP contribution >= 0.6 is 0 Å². The highest BCUT2D eigenvalue weighted by Crippen LogP contribution is 2.27. The summed E-state index contributed by atoms with van der Waals surface area (Å²) in [4.78, 5) is 10.5. The lowest BCUT2D eigenvalue weighted by Crippen LogP contribution is -2.36. The summed E-state index contributed by atoms with van der Waals surface area (Å²) in [6.45, 7) is 4.08. The van der Waals surface area contributed by atoms with Crippen molar-refractivity contribution in [2.75, 3.05) is 0 Å². The van der Waals surface area contributed by atoms with Gasteiger partial charge >= 0.3 is 12.1 Å². The van der Waals surface area contributed by atoms with Gasteiger partial charge in [-0.3, -0.25) is 0 Å². The van der Waals surface area contributed by atoms with Gasteiger partial charge in [0.25, 0.3) is 12.5 Å².